The van der Waals surface area contributed by atoms with E-state index in [1.807, 2.05) is 30.3 Å². The molecule has 0 radical (unpaired) electrons. The van der Waals surface area contributed by atoms with Crippen LogP contribution in [0.3, 0.4) is 0 Å². The van der Waals surface area contributed by atoms with Gasteiger partial charge in [-0.2, -0.15) is 0 Å². The molecule has 0 aromatic heterocycles. The van der Waals surface area contributed by atoms with Gasteiger partial charge in [0.25, 0.3) is 0 Å². The fraction of sp³-hybridized carbons (Fsp3) is 0.500. The van der Waals surface area contributed by atoms with Crippen LogP contribution in [0.4, 0.5) is 4.79 Å². The number of nitrogens with zero attached hydrogens (tertiary/aromatic N) is 1. The molecule has 2 rings (SSSR count). The first-order valence-corrected chi connectivity index (χ1v) is 7.32. The molecule has 114 valence electrons. The molecule has 1 aliphatic rings. The largest absolute Gasteiger partial charge is 0.481 e. The summed E-state index contributed by atoms with van der Waals surface area (Å²) in [7, 11) is 0. The van der Waals surface area contributed by atoms with Crippen LogP contribution in [0.2, 0.25) is 0 Å². The Morgan fingerprint density at radius 1 is 1.29 bits per heavy atom. The highest BCUT2D eigenvalue weighted by molar-refractivity contribution is 5.68. The van der Waals surface area contributed by atoms with Gasteiger partial charge < -0.3 is 14.7 Å². The second-order valence-electron chi connectivity index (χ2n) is 5.43. The summed E-state index contributed by atoms with van der Waals surface area (Å²) in [4.78, 5) is 24.2. The molecule has 0 bridgehead atoms. The molecular weight excluding hydrogens is 270 g/mol. The topological polar surface area (TPSA) is 66.8 Å². The Bertz CT molecular complexity index is 474. The summed E-state index contributed by atoms with van der Waals surface area (Å²) < 4.78 is 5.30. The summed E-state index contributed by atoms with van der Waals surface area (Å²) >= 11 is 0. The molecule has 5 heteroatoms. The summed E-state index contributed by atoms with van der Waals surface area (Å²) in [5.74, 6) is -0.360. The predicted molar refractivity (Wildman–Crippen MR) is 77.8 cm³/mol. The number of aliphatic carboxylic acids is 1. The Balaban J connectivity index is 1.68. The standard InChI is InChI=1S/C16H21NO4/c18-15(19)8-4-7-13-9-10-17(11-13)16(20)21-12-14-5-2-1-3-6-14/h1-3,5-6,13H,4,7-12H2,(H,18,19). The van der Waals surface area contributed by atoms with E-state index in [9.17, 15) is 9.59 Å². The van der Waals surface area contributed by atoms with Crippen LogP contribution in [0.25, 0.3) is 0 Å². The van der Waals surface area contributed by atoms with Crippen molar-refractivity contribution in [3.05, 3.63) is 35.9 Å². The molecule has 1 aromatic carbocycles. The Hall–Kier alpha value is -2.04. The van der Waals surface area contributed by atoms with Crippen LogP contribution in [0.15, 0.2) is 30.3 Å². The number of carboxylic acid groups (broad SMARTS) is 1. The quantitative estimate of drug-likeness (QED) is 0.875. The highest BCUT2D eigenvalue weighted by atomic mass is 16.6. The van der Waals surface area contributed by atoms with E-state index in [1.165, 1.54) is 0 Å². The van der Waals surface area contributed by atoms with Gasteiger partial charge in [-0.15, -0.1) is 0 Å². The molecule has 21 heavy (non-hydrogen) atoms. The fourth-order valence-electron chi connectivity index (χ4n) is 2.59. The SMILES string of the molecule is O=C(O)CCCC1CCN(C(=O)OCc2ccccc2)C1. The number of carbonyl (C=O) groups is 2. The van der Waals surface area contributed by atoms with E-state index < -0.39 is 5.97 Å². The lowest BCUT2D eigenvalue weighted by molar-refractivity contribution is -0.137. The molecule has 0 aliphatic carbocycles. The van der Waals surface area contributed by atoms with Gasteiger partial charge in [0, 0.05) is 19.5 Å². The molecule has 5 nitrogen and oxygen atoms in total. The highest BCUT2D eigenvalue weighted by Crippen LogP contribution is 2.22. The van der Waals surface area contributed by atoms with Gasteiger partial charge in [-0.3, -0.25) is 4.79 Å². The highest BCUT2D eigenvalue weighted by Gasteiger charge is 2.26. The van der Waals surface area contributed by atoms with Crippen molar-refractivity contribution in [1.82, 2.24) is 4.90 Å². The van der Waals surface area contributed by atoms with Crippen molar-refractivity contribution in [2.75, 3.05) is 13.1 Å². The van der Waals surface area contributed by atoms with E-state index in [1.54, 1.807) is 4.90 Å². The van der Waals surface area contributed by atoms with Crippen molar-refractivity contribution in [3.8, 4) is 0 Å². The number of hydrogen-bond acceptors (Lipinski definition) is 3. The lowest BCUT2D eigenvalue weighted by Crippen LogP contribution is -2.29. The number of carbonyl (C=O) groups excluding carboxylic acids is 1. The molecular formula is C16H21NO4. The van der Waals surface area contributed by atoms with Gasteiger partial charge in [-0.05, 0) is 30.7 Å². The third-order valence-electron chi connectivity index (χ3n) is 3.75. The number of likely N-dealkylation sites (tertiary alicyclic amines) is 1. The lowest BCUT2D eigenvalue weighted by atomic mass is 10.0. The zero-order valence-electron chi connectivity index (χ0n) is 12.0. The van der Waals surface area contributed by atoms with Gasteiger partial charge >= 0.3 is 12.1 Å². The normalized spacial score (nSPS) is 17.7. The van der Waals surface area contributed by atoms with Crippen molar-refractivity contribution in [2.24, 2.45) is 5.92 Å². The zero-order valence-corrected chi connectivity index (χ0v) is 12.0. The van der Waals surface area contributed by atoms with E-state index in [0.717, 1.165) is 18.4 Å². The van der Waals surface area contributed by atoms with Gasteiger partial charge in [0.15, 0.2) is 0 Å². The molecule has 1 heterocycles. The third kappa shape index (κ3) is 5.10. The van der Waals surface area contributed by atoms with Crippen LogP contribution in [-0.2, 0) is 16.1 Å². The molecule has 1 aliphatic heterocycles. The molecule has 1 atom stereocenters. The molecule has 1 N–H and O–H groups in total. The second kappa shape index (κ2) is 7.67. The fourth-order valence-corrected chi connectivity index (χ4v) is 2.59. The predicted octanol–water partition coefficient (Wildman–Crippen LogP) is 2.90. The molecule has 1 aromatic rings. The van der Waals surface area contributed by atoms with E-state index in [2.05, 4.69) is 0 Å². The maximum absolute atomic E-state index is 12.0. The van der Waals surface area contributed by atoms with Gasteiger partial charge in [0.05, 0.1) is 0 Å². The average molecular weight is 291 g/mol. The first-order chi connectivity index (χ1) is 10.1. The number of ether oxygens (including phenoxy) is 1. The van der Waals surface area contributed by atoms with Gasteiger partial charge in [0.2, 0.25) is 0 Å². The monoisotopic (exact) mass is 291 g/mol. The minimum absolute atomic E-state index is 0.203. The van der Waals surface area contributed by atoms with Crippen molar-refractivity contribution < 1.29 is 19.4 Å². The molecule has 1 fully saturated rings. The molecule has 1 unspecified atom stereocenters. The summed E-state index contributed by atoms with van der Waals surface area (Å²) in [5, 5.41) is 8.62. The Labute approximate surface area is 124 Å². The molecule has 1 saturated heterocycles. The van der Waals surface area contributed by atoms with Crippen LogP contribution >= 0.6 is 0 Å². The average Bonchev–Trinajstić information content (AvgIpc) is 2.94. The Kier molecular flexibility index (Phi) is 5.60. The molecule has 1 amide bonds. The van der Waals surface area contributed by atoms with Gasteiger partial charge in [-0.25, -0.2) is 4.79 Å². The maximum atomic E-state index is 12.0. The Morgan fingerprint density at radius 3 is 2.76 bits per heavy atom. The molecule has 0 saturated carbocycles. The minimum atomic E-state index is -0.757. The van der Waals surface area contributed by atoms with Crippen molar-refractivity contribution in [2.45, 2.75) is 32.3 Å². The lowest BCUT2D eigenvalue weighted by Gasteiger charge is -2.16. The van der Waals surface area contributed by atoms with Crippen LogP contribution in [0, 0.1) is 5.92 Å². The van der Waals surface area contributed by atoms with Crippen LogP contribution in [0.1, 0.15) is 31.2 Å². The van der Waals surface area contributed by atoms with E-state index in [-0.39, 0.29) is 12.5 Å². The smallest absolute Gasteiger partial charge is 0.410 e. The van der Waals surface area contributed by atoms with E-state index in [0.29, 0.717) is 32.0 Å². The summed E-state index contributed by atoms with van der Waals surface area (Å²) in [6.07, 6.45) is 2.39. The summed E-state index contributed by atoms with van der Waals surface area (Å²) in [6, 6.07) is 9.60. The third-order valence-corrected chi connectivity index (χ3v) is 3.75. The number of hydrogen-bond donors (Lipinski definition) is 1. The van der Waals surface area contributed by atoms with Crippen molar-refractivity contribution >= 4 is 12.1 Å². The number of carboxylic acids is 1. The minimum Gasteiger partial charge on any atom is -0.481 e. The Morgan fingerprint density at radius 2 is 2.05 bits per heavy atom. The first kappa shape index (κ1) is 15.4. The summed E-state index contributed by atoms with van der Waals surface area (Å²) in [6.45, 7) is 1.67. The molecule has 0 spiro atoms. The summed E-state index contributed by atoms with van der Waals surface area (Å²) in [5.41, 5.74) is 0.975. The van der Waals surface area contributed by atoms with Gasteiger partial charge in [-0.1, -0.05) is 30.3 Å². The van der Waals surface area contributed by atoms with Crippen molar-refractivity contribution in [1.29, 1.82) is 0 Å². The van der Waals surface area contributed by atoms with E-state index >= 15 is 0 Å². The second-order valence-corrected chi connectivity index (χ2v) is 5.43. The van der Waals surface area contributed by atoms with Crippen LogP contribution in [0.5, 0.6) is 0 Å². The first-order valence-electron chi connectivity index (χ1n) is 7.32. The van der Waals surface area contributed by atoms with Crippen LogP contribution < -0.4 is 0 Å². The zero-order chi connectivity index (χ0) is 15.1. The number of amides is 1. The van der Waals surface area contributed by atoms with Crippen molar-refractivity contribution in [3.63, 3.8) is 0 Å². The number of rotatable bonds is 6. The maximum Gasteiger partial charge on any atom is 0.410 e. The van der Waals surface area contributed by atoms with E-state index in [4.69, 9.17) is 9.84 Å². The number of benzene rings is 1. The van der Waals surface area contributed by atoms with Gasteiger partial charge in [0.1, 0.15) is 6.61 Å². The van der Waals surface area contributed by atoms with Crippen LogP contribution in [-0.4, -0.2) is 35.2 Å².